The van der Waals surface area contributed by atoms with Crippen LogP contribution >= 0.6 is 15.9 Å². The minimum absolute atomic E-state index is 0.0911. The standard InChI is InChI=1S/C16H16BrNO3/c17-13-3-6-16(21)12(8-13)9-18-14(10-19)7-11-1-4-15(20)5-2-11/h1-6,8-9,14,19-21H,7,10H2. The summed E-state index contributed by atoms with van der Waals surface area (Å²) in [6, 6.07) is 11.6. The predicted molar refractivity (Wildman–Crippen MR) is 86.1 cm³/mol. The van der Waals surface area contributed by atoms with Crippen LogP contribution in [0.3, 0.4) is 0 Å². The van der Waals surface area contributed by atoms with Crippen LogP contribution in [0.15, 0.2) is 51.9 Å². The first kappa shape index (κ1) is 15.5. The molecule has 0 aliphatic rings. The number of aliphatic hydroxyl groups is 1. The molecule has 1 atom stereocenters. The second-order valence-electron chi connectivity index (χ2n) is 4.69. The predicted octanol–water partition coefficient (Wildman–Crippen LogP) is 2.88. The number of phenolic OH excluding ortho intramolecular Hbond substituents is 2. The van der Waals surface area contributed by atoms with Crippen LogP contribution in [0.2, 0.25) is 0 Å². The van der Waals surface area contributed by atoms with Gasteiger partial charge in [-0.3, -0.25) is 4.99 Å². The molecule has 0 aromatic heterocycles. The first-order valence-corrected chi connectivity index (χ1v) is 7.28. The Balaban J connectivity index is 2.09. The molecule has 4 nitrogen and oxygen atoms in total. The van der Waals surface area contributed by atoms with Gasteiger partial charge in [-0.15, -0.1) is 0 Å². The molecule has 0 bridgehead atoms. The Morgan fingerprint density at radius 1 is 1.10 bits per heavy atom. The van der Waals surface area contributed by atoms with E-state index in [-0.39, 0.29) is 24.1 Å². The van der Waals surface area contributed by atoms with E-state index >= 15 is 0 Å². The van der Waals surface area contributed by atoms with Crippen molar-refractivity contribution in [3.8, 4) is 11.5 Å². The van der Waals surface area contributed by atoms with E-state index in [0.717, 1.165) is 10.0 Å². The van der Waals surface area contributed by atoms with Gasteiger partial charge in [-0.25, -0.2) is 0 Å². The van der Waals surface area contributed by atoms with Gasteiger partial charge in [-0.2, -0.15) is 0 Å². The fourth-order valence-corrected chi connectivity index (χ4v) is 2.26. The minimum Gasteiger partial charge on any atom is -0.508 e. The number of hydrogen-bond acceptors (Lipinski definition) is 4. The Morgan fingerprint density at radius 3 is 2.48 bits per heavy atom. The molecule has 2 rings (SSSR count). The van der Waals surface area contributed by atoms with Gasteiger partial charge in [0.1, 0.15) is 11.5 Å². The molecule has 0 radical (unpaired) electrons. The lowest BCUT2D eigenvalue weighted by molar-refractivity contribution is 0.266. The number of hydrogen-bond donors (Lipinski definition) is 3. The Kier molecular flexibility index (Phi) is 5.36. The molecule has 0 aliphatic carbocycles. The highest BCUT2D eigenvalue weighted by molar-refractivity contribution is 9.10. The Bertz CT molecular complexity index is 626. The van der Waals surface area contributed by atoms with E-state index in [2.05, 4.69) is 20.9 Å². The van der Waals surface area contributed by atoms with Gasteiger partial charge in [0.05, 0.1) is 12.6 Å². The highest BCUT2D eigenvalue weighted by Crippen LogP contribution is 2.20. The molecule has 2 aromatic rings. The van der Waals surface area contributed by atoms with Crippen molar-refractivity contribution in [1.29, 1.82) is 0 Å². The fraction of sp³-hybridized carbons (Fsp3) is 0.188. The van der Waals surface area contributed by atoms with Crippen LogP contribution in [0, 0.1) is 0 Å². The van der Waals surface area contributed by atoms with Crippen molar-refractivity contribution in [3.63, 3.8) is 0 Å². The fourth-order valence-electron chi connectivity index (χ4n) is 1.88. The molecule has 0 saturated heterocycles. The second-order valence-corrected chi connectivity index (χ2v) is 5.60. The number of phenols is 2. The molecule has 5 heteroatoms. The van der Waals surface area contributed by atoms with Gasteiger partial charge in [-0.05, 0) is 42.3 Å². The number of nitrogens with zero attached hydrogens (tertiary/aromatic N) is 1. The zero-order chi connectivity index (χ0) is 15.2. The third-order valence-corrected chi connectivity index (χ3v) is 3.53. The van der Waals surface area contributed by atoms with E-state index in [0.29, 0.717) is 12.0 Å². The van der Waals surface area contributed by atoms with Crippen molar-refractivity contribution >= 4 is 22.1 Å². The van der Waals surface area contributed by atoms with Gasteiger partial charge in [0.2, 0.25) is 0 Å². The van der Waals surface area contributed by atoms with E-state index in [4.69, 9.17) is 0 Å². The largest absolute Gasteiger partial charge is 0.508 e. The van der Waals surface area contributed by atoms with Crippen LogP contribution in [0.25, 0.3) is 0 Å². The number of aliphatic hydroxyl groups excluding tert-OH is 1. The molecular formula is C16H16BrNO3. The summed E-state index contributed by atoms with van der Waals surface area (Å²) in [5.41, 5.74) is 1.57. The lowest BCUT2D eigenvalue weighted by atomic mass is 10.1. The van der Waals surface area contributed by atoms with Crippen LogP contribution in [-0.4, -0.2) is 34.2 Å². The quantitative estimate of drug-likeness (QED) is 0.726. The average molecular weight is 350 g/mol. The molecule has 0 amide bonds. The van der Waals surface area contributed by atoms with Crippen molar-refractivity contribution in [2.75, 3.05) is 6.61 Å². The molecule has 0 aliphatic heterocycles. The molecule has 21 heavy (non-hydrogen) atoms. The number of aliphatic imine (C=N–C) groups is 1. The maximum Gasteiger partial charge on any atom is 0.124 e. The van der Waals surface area contributed by atoms with Crippen LogP contribution in [-0.2, 0) is 6.42 Å². The van der Waals surface area contributed by atoms with Crippen molar-refractivity contribution in [1.82, 2.24) is 0 Å². The van der Waals surface area contributed by atoms with Gasteiger partial charge in [0, 0.05) is 16.3 Å². The summed E-state index contributed by atoms with van der Waals surface area (Å²) < 4.78 is 0.848. The molecule has 110 valence electrons. The van der Waals surface area contributed by atoms with E-state index < -0.39 is 0 Å². The smallest absolute Gasteiger partial charge is 0.124 e. The zero-order valence-corrected chi connectivity index (χ0v) is 12.9. The monoisotopic (exact) mass is 349 g/mol. The maximum atomic E-state index is 9.74. The Morgan fingerprint density at radius 2 is 1.81 bits per heavy atom. The molecule has 3 N–H and O–H groups in total. The first-order chi connectivity index (χ1) is 10.1. The van der Waals surface area contributed by atoms with Crippen LogP contribution < -0.4 is 0 Å². The second kappa shape index (κ2) is 7.24. The summed E-state index contributed by atoms with van der Waals surface area (Å²) in [5, 5.41) is 28.4. The minimum atomic E-state index is -0.298. The number of benzene rings is 2. The SMILES string of the molecule is OCC(Cc1ccc(O)cc1)N=Cc1cc(Br)ccc1O. The summed E-state index contributed by atoms with van der Waals surface area (Å²) in [6.45, 7) is -0.0911. The third kappa shape index (κ3) is 4.58. The van der Waals surface area contributed by atoms with Crippen LogP contribution in [0.5, 0.6) is 11.5 Å². The van der Waals surface area contributed by atoms with Crippen LogP contribution in [0.4, 0.5) is 0 Å². The van der Waals surface area contributed by atoms with Gasteiger partial charge in [0.15, 0.2) is 0 Å². The van der Waals surface area contributed by atoms with E-state index in [1.807, 2.05) is 0 Å². The topological polar surface area (TPSA) is 73.0 Å². The molecular weight excluding hydrogens is 334 g/mol. The van der Waals surface area contributed by atoms with Crippen molar-refractivity contribution in [2.24, 2.45) is 4.99 Å². The molecule has 1 unspecified atom stereocenters. The summed E-state index contributed by atoms with van der Waals surface area (Å²) in [5.74, 6) is 0.352. The highest BCUT2D eigenvalue weighted by atomic mass is 79.9. The molecule has 2 aromatic carbocycles. The van der Waals surface area contributed by atoms with Gasteiger partial charge >= 0.3 is 0 Å². The summed E-state index contributed by atoms with van der Waals surface area (Å²) in [6.07, 6.45) is 2.11. The lowest BCUT2D eigenvalue weighted by Gasteiger charge is -2.09. The zero-order valence-electron chi connectivity index (χ0n) is 11.3. The van der Waals surface area contributed by atoms with Crippen molar-refractivity contribution in [2.45, 2.75) is 12.5 Å². The van der Waals surface area contributed by atoms with Gasteiger partial charge < -0.3 is 15.3 Å². The lowest BCUT2D eigenvalue weighted by Crippen LogP contribution is -2.14. The first-order valence-electron chi connectivity index (χ1n) is 6.49. The van der Waals surface area contributed by atoms with Crippen molar-refractivity contribution < 1.29 is 15.3 Å². The Labute approximate surface area is 131 Å². The normalized spacial score (nSPS) is 12.7. The highest BCUT2D eigenvalue weighted by Gasteiger charge is 2.07. The average Bonchev–Trinajstić information content (AvgIpc) is 2.48. The summed E-state index contributed by atoms with van der Waals surface area (Å²) >= 11 is 3.34. The molecule has 0 heterocycles. The summed E-state index contributed by atoms with van der Waals surface area (Å²) in [4.78, 5) is 4.31. The van der Waals surface area contributed by atoms with E-state index in [1.54, 1.807) is 48.7 Å². The van der Waals surface area contributed by atoms with Crippen LogP contribution in [0.1, 0.15) is 11.1 Å². The number of aromatic hydroxyl groups is 2. The van der Waals surface area contributed by atoms with Gasteiger partial charge in [0.25, 0.3) is 0 Å². The van der Waals surface area contributed by atoms with Gasteiger partial charge in [-0.1, -0.05) is 28.1 Å². The van der Waals surface area contributed by atoms with Crippen molar-refractivity contribution in [3.05, 3.63) is 58.1 Å². The molecule has 0 spiro atoms. The van der Waals surface area contributed by atoms with E-state index in [9.17, 15) is 15.3 Å². The molecule has 0 fully saturated rings. The summed E-state index contributed by atoms with van der Waals surface area (Å²) in [7, 11) is 0. The Hall–Kier alpha value is -1.85. The number of halogens is 1. The molecule has 0 saturated carbocycles. The van der Waals surface area contributed by atoms with E-state index in [1.165, 1.54) is 0 Å². The number of rotatable bonds is 5. The maximum absolute atomic E-state index is 9.74. The third-order valence-electron chi connectivity index (χ3n) is 3.03.